The van der Waals surface area contributed by atoms with Crippen molar-refractivity contribution in [3.05, 3.63) is 58.8 Å². The average Bonchev–Trinajstić information content (AvgIpc) is 3.56. The Kier molecular flexibility index (Phi) is 11.5. The fourth-order valence-corrected chi connectivity index (χ4v) is 16.5. The summed E-state index contributed by atoms with van der Waals surface area (Å²) in [4.78, 5) is 19.7. The van der Waals surface area contributed by atoms with E-state index in [9.17, 15) is 9.90 Å². The smallest absolute Gasteiger partial charge is 0.310 e. The van der Waals surface area contributed by atoms with Crippen LogP contribution in [0.5, 0.6) is 5.88 Å². The third kappa shape index (κ3) is 7.00. The number of thioether (sulfide) groups is 1. The minimum Gasteiger partial charge on any atom is -0.481 e. The second-order valence-corrected chi connectivity index (χ2v) is 22.9. The first-order valence-corrected chi connectivity index (χ1v) is 24.2. The number of nitrogens with zero attached hydrogens (tertiary/aromatic N) is 2. The van der Waals surface area contributed by atoms with Crippen molar-refractivity contribution in [2.24, 2.45) is 56.7 Å². The first kappa shape index (κ1) is 41.9. The van der Waals surface area contributed by atoms with Gasteiger partial charge in [-0.15, -0.1) is 0 Å². The molecular weight excluding hydrogens is 746 g/mol. The van der Waals surface area contributed by atoms with Crippen LogP contribution in [-0.2, 0) is 4.79 Å². The van der Waals surface area contributed by atoms with Gasteiger partial charge in [0.2, 0.25) is 5.88 Å². The standard InChI is InChI=1S/C49H72ClN3O3S/c1-33(2)36-12-20-49(52-25-26-53-27-30-57-31-28-53)22-21-46(6)38(42(36)49)8-9-40-45(5)16-13-37(44(3,4)39(45)14-17-47(40,46)7)34-10-18-48(19-11-34,43(54)55)23-29-56-41-32-35(50)15-24-51-41/h10,13,15,24,32,36,38-40,42,52H,1,8-9,11-12,14,16-23,25-31H2,2-7H3,(H,54,55)/t36-,38+,39-,40+,42+,45-,46+,47+,48?,49-/m0/s1. The van der Waals surface area contributed by atoms with Gasteiger partial charge in [-0.25, -0.2) is 4.98 Å². The average molecular weight is 819 g/mol. The van der Waals surface area contributed by atoms with Crippen LogP contribution in [0, 0.1) is 56.7 Å². The maximum Gasteiger partial charge on any atom is 0.310 e. The minimum absolute atomic E-state index is 0.0394. The monoisotopic (exact) mass is 817 g/mol. The number of carbonyl (C=O) groups is 1. The second-order valence-electron chi connectivity index (χ2n) is 21.2. The van der Waals surface area contributed by atoms with E-state index in [4.69, 9.17) is 16.3 Å². The lowest BCUT2D eigenvalue weighted by molar-refractivity contribution is -0.221. The summed E-state index contributed by atoms with van der Waals surface area (Å²) >= 11 is 8.23. The maximum atomic E-state index is 12.8. The predicted molar refractivity (Wildman–Crippen MR) is 236 cm³/mol. The zero-order valence-corrected chi connectivity index (χ0v) is 37.6. The number of carboxylic acid groups (broad SMARTS) is 1. The van der Waals surface area contributed by atoms with Crippen LogP contribution in [0.25, 0.3) is 0 Å². The zero-order chi connectivity index (χ0) is 40.4. The Hall–Kier alpha value is -1.80. The highest BCUT2D eigenvalue weighted by Crippen LogP contribution is 2.76. The second kappa shape index (κ2) is 15.6. The van der Waals surface area contributed by atoms with Crippen molar-refractivity contribution >= 4 is 29.3 Å². The number of carboxylic acids is 1. The Morgan fingerprint density at radius 2 is 1.79 bits per heavy atom. The third-order valence-corrected chi connectivity index (χ3v) is 19.8. The van der Waals surface area contributed by atoms with Crippen LogP contribution in [0.4, 0.5) is 0 Å². The van der Waals surface area contributed by atoms with Crippen LogP contribution in [0.3, 0.4) is 0 Å². The van der Waals surface area contributed by atoms with Crippen molar-refractivity contribution in [1.82, 2.24) is 15.2 Å². The van der Waals surface area contributed by atoms with Crippen LogP contribution < -0.4 is 10.1 Å². The van der Waals surface area contributed by atoms with Gasteiger partial charge in [-0.3, -0.25) is 4.79 Å². The molecule has 0 amide bonds. The van der Waals surface area contributed by atoms with E-state index in [-0.39, 0.29) is 16.4 Å². The molecule has 10 atom stereocenters. The number of allylic oxidation sites excluding steroid dienone is 5. The number of nitrogens with one attached hydrogen (secondary N) is 1. The van der Waals surface area contributed by atoms with Gasteiger partial charge in [0.25, 0.3) is 0 Å². The normalized spacial score (nSPS) is 41.4. The van der Waals surface area contributed by atoms with E-state index in [1.165, 1.54) is 99.2 Å². The molecule has 0 aromatic carbocycles. The predicted octanol–water partition coefficient (Wildman–Crippen LogP) is 11.3. The Bertz CT molecular complexity index is 1770. The SMILES string of the molecule is C=C(C)[C@@H]1CC[C@]2(NCCN3CCSCC3)CC[C@]3(C)[C@H](CC[C@@H]4[C@@]5(C)CC=C(C6=CCC(CCOc7cc(Cl)ccn7)(C(=O)O)CC6)C(C)(C)[C@@H]5CC[C@]43C)[C@@H]12. The number of aliphatic carboxylic acids is 1. The first-order chi connectivity index (χ1) is 27.1. The molecule has 7 aliphatic rings. The van der Waals surface area contributed by atoms with Gasteiger partial charge in [-0.05, 0) is 159 Å². The number of pyridine rings is 1. The number of aromatic nitrogens is 1. The number of ether oxygens (including phenoxy) is 1. The summed E-state index contributed by atoms with van der Waals surface area (Å²) in [5.74, 6) is 5.68. The lowest BCUT2D eigenvalue weighted by Crippen LogP contribution is -2.68. The number of fused-ring (bicyclic) bond motifs is 7. The fourth-order valence-electron chi connectivity index (χ4n) is 15.4. The summed E-state index contributed by atoms with van der Waals surface area (Å²) < 4.78 is 5.88. The van der Waals surface area contributed by atoms with E-state index in [2.05, 4.69) is 87.2 Å². The molecule has 1 aromatic rings. The quantitative estimate of drug-likeness (QED) is 0.215. The van der Waals surface area contributed by atoms with Crippen molar-refractivity contribution < 1.29 is 14.6 Å². The molecular formula is C49H72ClN3O3S. The summed E-state index contributed by atoms with van der Waals surface area (Å²) in [7, 11) is 0. The molecule has 0 spiro atoms. The third-order valence-electron chi connectivity index (χ3n) is 18.6. The van der Waals surface area contributed by atoms with Crippen molar-refractivity contribution in [2.45, 2.75) is 131 Å². The molecule has 1 saturated heterocycles. The molecule has 2 heterocycles. The van der Waals surface area contributed by atoms with Crippen LogP contribution >= 0.6 is 23.4 Å². The first-order valence-electron chi connectivity index (χ1n) is 22.7. The highest BCUT2D eigenvalue weighted by Gasteiger charge is 2.70. The Morgan fingerprint density at radius 1 is 1.00 bits per heavy atom. The highest BCUT2D eigenvalue weighted by atomic mass is 35.5. The molecule has 0 radical (unpaired) electrons. The lowest BCUT2D eigenvalue weighted by atomic mass is 9.33. The van der Waals surface area contributed by atoms with E-state index in [1.54, 1.807) is 18.3 Å². The maximum absolute atomic E-state index is 12.8. The summed E-state index contributed by atoms with van der Waals surface area (Å²) in [5, 5.41) is 15.4. The molecule has 1 unspecified atom stereocenters. The molecule has 1 aliphatic heterocycles. The summed E-state index contributed by atoms with van der Waals surface area (Å²) in [6.45, 7) is 25.4. The van der Waals surface area contributed by atoms with Gasteiger partial charge in [0.15, 0.2) is 0 Å². The molecule has 57 heavy (non-hydrogen) atoms. The zero-order valence-electron chi connectivity index (χ0n) is 36.1. The molecule has 4 saturated carbocycles. The largest absolute Gasteiger partial charge is 0.481 e. The van der Waals surface area contributed by atoms with Crippen LogP contribution in [-0.4, -0.2) is 70.8 Å². The molecule has 2 N–H and O–H groups in total. The molecule has 314 valence electrons. The Balaban J connectivity index is 1.000. The molecule has 8 rings (SSSR count). The van der Waals surface area contributed by atoms with E-state index >= 15 is 0 Å². The van der Waals surface area contributed by atoms with Gasteiger partial charge in [-0.1, -0.05) is 70.5 Å². The molecule has 8 heteroatoms. The number of halogens is 1. The van der Waals surface area contributed by atoms with E-state index in [0.29, 0.717) is 71.3 Å². The molecule has 0 bridgehead atoms. The molecule has 5 fully saturated rings. The van der Waals surface area contributed by atoms with Gasteiger partial charge in [-0.2, -0.15) is 11.8 Å². The van der Waals surface area contributed by atoms with E-state index in [1.807, 2.05) is 0 Å². The van der Waals surface area contributed by atoms with Gasteiger partial charge in [0.1, 0.15) is 0 Å². The van der Waals surface area contributed by atoms with Gasteiger partial charge in [0.05, 0.1) is 12.0 Å². The fraction of sp³-hybridized carbons (Fsp3) is 0.755. The van der Waals surface area contributed by atoms with Gasteiger partial charge in [0, 0.05) is 60.5 Å². The van der Waals surface area contributed by atoms with Gasteiger partial charge >= 0.3 is 5.97 Å². The summed E-state index contributed by atoms with van der Waals surface area (Å²) in [5.41, 5.74) is 4.70. The van der Waals surface area contributed by atoms with Crippen LogP contribution in [0.2, 0.25) is 5.02 Å². The van der Waals surface area contributed by atoms with Crippen molar-refractivity contribution in [3.63, 3.8) is 0 Å². The van der Waals surface area contributed by atoms with Crippen LogP contribution in [0.15, 0.2) is 53.8 Å². The Morgan fingerprint density at radius 3 is 2.49 bits per heavy atom. The minimum atomic E-state index is -0.821. The van der Waals surface area contributed by atoms with E-state index in [0.717, 1.165) is 25.3 Å². The lowest BCUT2D eigenvalue weighted by Gasteiger charge is -2.72. The molecule has 6 nitrogen and oxygen atoms in total. The highest BCUT2D eigenvalue weighted by molar-refractivity contribution is 7.99. The summed E-state index contributed by atoms with van der Waals surface area (Å²) in [6.07, 6.45) is 20.7. The number of hydrogen-bond acceptors (Lipinski definition) is 6. The molecule has 1 aromatic heterocycles. The van der Waals surface area contributed by atoms with Crippen molar-refractivity contribution in [2.75, 3.05) is 44.3 Å². The summed E-state index contributed by atoms with van der Waals surface area (Å²) in [6, 6.07) is 3.40. The van der Waals surface area contributed by atoms with E-state index < -0.39 is 11.4 Å². The van der Waals surface area contributed by atoms with Crippen molar-refractivity contribution in [3.8, 4) is 5.88 Å². The number of rotatable bonds is 11. The van der Waals surface area contributed by atoms with Gasteiger partial charge < -0.3 is 20.1 Å². The topological polar surface area (TPSA) is 74.7 Å². The van der Waals surface area contributed by atoms with Crippen molar-refractivity contribution in [1.29, 1.82) is 0 Å². The molecule has 6 aliphatic carbocycles. The van der Waals surface area contributed by atoms with Crippen LogP contribution in [0.1, 0.15) is 125 Å². The number of hydrogen-bond donors (Lipinski definition) is 2. The Labute approximate surface area is 353 Å².